The van der Waals surface area contributed by atoms with Crippen molar-refractivity contribution >= 4 is 6.09 Å². The van der Waals surface area contributed by atoms with Crippen molar-refractivity contribution in [2.45, 2.75) is 70.3 Å². The molecule has 4 nitrogen and oxygen atoms in total. The number of rotatable bonds is 1. The lowest BCUT2D eigenvalue weighted by Crippen LogP contribution is -2.50. The first-order valence-electron chi connectivity index (χ1n) is 6.99. The summed E-state index contributed by atoms with van der Waals surface area (Å²) >= 11 is 0. The van der Waals surface area contributed by atoms with E-state index in [0.29, 0.717) is 6.54 Å². The first-order valence-corrected chi connectivity index (χ1v) is 6.99. The minimum Gasteiger partial charge on any atom is -0.444 e. The number of nitrogens with zero attached hydrogens (tertiary/aromatic N) is 1. The van der Waals surface area contributed by atoms with Gasteiger partial charge in [-0.05, 0) is 52.9 Å². The van der Waals surface area contributed by atoms with Crippen LogP contribution in [0.3, 0.4) is 0 Å². The van der Waals surface area contributed by atoms with E-state index in [9.17, 15) is 4.79 Å². The molecule has 2 saturated heterocycles. The molecule has 1 amide bonds. The number of ether oxygens (including phenoxy) is 2. The Balaban J connectivity index is 1.64. The zero-order valence-corrected chi connectivity index (χ0v) is 11.7. The van der Waals surface area contributed by atoms with Crippen LogP contribution in [0.4, 0.5) is 4.79 Å². The molecule has 0 radical (unpaired) electrons. The van der Waals surface area contributed by atoms with Crippen LogP contribution in [0.1, 0.15) is 47.0 Å². The summed E-state index contributed by atoms with van der Waals surface area (Å²) in [4.78, 5) is 14.0. The quantitative estimate of drug-likeness (QED) is 0.674. The van der Waals surface area contributed by atoms with Crippen LogP contribution in [-0.2, 0) is 9.47 Å². The van der Waals surface area contributed by atoms with E-state index in [2.05, 4.69) is 6.92 Å². The fourth-order valence-electron chi connectivity index (χ4n) is 3.21. The van der Waals surface area contributed by atoms with Gasteiger partial charge in [-0.25, -0.2) is 4.79 Å². The number of carbonyl (C=O) groups is 1. The van der Waals surface area contributed by atoms with E-state index in [1.54, 1.807) is 0 Å². The van der Waals surface area contributed by atoms with Gasteiger partial charge in [0, 0.05) is 6.04 Å². The van der Waals surface area contributed by atoms with Gasteiger partial charge in [-0.1, -0.05) is 0 Å². The molecule has 3 rings (SSSR count). The number of hydrogen-bond acceptors (Lipinski definition) is 3. The summed E-state index contributed by atoms with van der Waals surface area (Å²) < 4.78 is 11.4. The minimum atomic E-state index is -0.424. The molecule has 2 aliphatic heterocycles. The van der Waals surface area contributed by atoms with Gasteiger partial charge >= 0.3 is 6.09 Å². The standard InChI is InChI=1S/C14H23NO3/c1-9-7-14(10-5-6-10)11(17-14)8-15(9)12(16)18-13(2,3)4/h9-11H,5-8H2,1-4H3/t9-,11+,14+/m1/s1. The molecule has 0 aromatic carbocycles. The predicted octanol–water partition coefficient (Wildman–Crippen LogP) is 2.56. The van der Waals surface area contributed by atoms with Crippen molar-refractivity contribution in [1.29, 1.82) is 0 Å². The molecular formula is C14H23NO3. The topological polar surface area (TPSA) is 42.1 Å². The molecule has 2 heterocycles. The maximum atomic E-state index is 12.1. The molecule has 102 valence electrons. The van der Waals surface area contributed by atoms with Crippen molar-refractivity contribution in [1.82, 2.24) is 4.90 Å². The molecule has 0 unspecified atom stereocenters. The number of hydrogen-bond donors (Lipinski definition) is 0. The Morgan fingerprint density at radius 1 is 1.39 bits per heavy atom. The summed E-state index contributed by atoms with van der Waals surface area (Å²) in [5, 5.41) is 0. The van der Waals surface area contributed by atoms with Gasteiger partial charge in [-0.15, -0.1) is 0 Å². The highest BCUT2D eigenvalue weighted by atomic mass is 16.6. The van der Waals surface area contributed by atoms with E-state index < -0.39 is 5.60 Å². The highest BCUT2D eigenvalue weighted by Crippen LogP contribution is 2.59. The van der Waals surface area contributed by atoms with Gasteiger partial charge in [0.2, 0.25) is 0 Å². The third kappa shape index (κ3) is 2.00. The van der Waals surface area contributed by atoms with Gasteiger partial charge in [0.25, 0.3) is 0 Å². The molecular weight excluding hydrogens is 230 g/mol. The lowest BCUT2D eigenvalue weighted by Gasteiger charge is -2.36. The van der Waals surface area contributed by atoms with Crippen LogP contribution in [0, 0.1) is 5.92 Å². The Kier molecular flexibility index (Phi) is 2.47. The van der Waals surface area contributed by atoms with Gasteiger partial charge in [0.1, 0.15) is 17.3 Å². The molecule has 0 aromatic rings. The summed E-state index contributed by atoms with van der Waals surface area (Å²) in [5.74, 6) is 0.755. The third-order valence-electron chi connectivity index (χ3n) is 4.25. The molecule has 0 N–H and O–H groups in total. The number of epoxide rings is 1. The average molecular weight is 253 g/mol. The first kappa shape index (κ1) is 12.3. The number of piperidine rings is 1. The maximum absolute atomic E-state index is 12.1. The second-order valence-electron chi connectivity index (χ2n) is 7.02. The van der Waals surface area contributed by atoms with Crippen molar-refractivity contribution < 1.29 is 14.3 Å². The Morgan fingerprint density at radius 3 is 2.61 bits per heavy atom. The highest BCUT2D eigenvalue weighted by Gasteiger charge is 2.67. The van der Waals surface area contributed by atoms with E-state index in [4.69, 9.17) is 9.47 Å². The largest absolute Gasteiger partial charge is 0.444 e. The van der Waals surface area contributed by atoms with E-state index >= 15 is 0 Å². The monoisotopic (exact) mass is 253 g/mol. The molecule has 0 aromatic heterocycles. The fraction of sp³-hybridized carbons (Fsp3) is 0.929. The summed E-state index contributed by atoms with van der Waals surface area (Å²) in [6.45, 7) is 8.52. The van der Waals surface area contributed by atoms with Crippen LogP contribution in [0.2, 0.25) is 0 Å². The van der Waals surface area contributed by atoms with Crippen molar-refractivity contribution in [2.24, 2.45) is 5.92 Å². The average Bonchev–Trinajstić information content (AvgIpc) is 3.08. The molecule has 3 aliphatic rings. The Hall–Kier alpha value is -0.770. The van der Waals surface area contributed by atoms with Crippen LogP contribution in [0.5, 0.6) is 0 Å². The Morgan fingerprint density at radius 2 is 2.06 bits per heavy atom. The van der Waals surface area contributed by atoms with Gasteiger partial charge < -0.3 is 14.4 Å². The SMILES string of the molecule is C[C@@H]1C[C@@]2(C3CC3)O[C@H]2CN1C(=O)OC(C)(C)C. The van der Waals surface area contributed by atoms with Gasteiger partial charge in [-0.3, -0.25) is 0 Å². The third-order valence-corrected chi connectivity index (χ3v) is 4.25. The van der Waals surface area contributed by atoms with Crippen LogP contribution in [0.25, 0.3) is 0 Å². The number of likely N-dealkylation sites (tertiary alicyclic amines) is 1. The summed E-state index contributed by atoms with van der Waals surface area (Å²) in [5.41, 5.74) is -0.301. The summed E-state index contributed by atoms with van der Waals surface area (Å²) in [6, 6.07) is 0.221. The number of carbonyl (C=O) groups excluding carboxylic acids is 1. The molecule has 1 aliphatic carbocycles. The van der Waals surface area contributed by atoms with E-state index in [1.807, 2.05) is 25.7 Å². The summed E-state index contributed by atoms with van der Waals surface area (Å²) in [6.07, 6.45) is 3.64. The molecule has 1 saturated carbocycles. The van der Waals surface area contributed by atoms with Gasteiger partial charge in [0.15, 0.2) is 0 Å². The molecule has 3 fully saturated rings. The number of fused-ring (bicyclic) bond motifs is 1. The first-order chi connectivity index (χ1) is 8.32. The molecule has 0 spiro atoms. The fourth-order valence-corrected chi connectivity index (χ4v) is 3.21. The summed E-state index contributed by atoms with van der Waals surface area (Å²) in [7, 11) is 0. The van der Waals surface area contributed by atoms with Crippen molar-refractivity contribution in [3.8, 4) is 0 Å². The van der Waals surface area contributed by atoms with Crippen LogP contribution >= 0.6 is 0 Å². The van der Waals surface area contributed by atoms with Crippen LogP contribution < -0.4 is 0 Å². The highest BCUT2D eigenvalue weighted by molar-refractivity contribution is 5.69. The van der Waals surface area contributed by atoms with E-state index in [1.165, 1.54) is 12.8 Å². The molecule has 18 heavy (non-hydrogen) atoms. The van der Waals surface area contributed by atoms with Crippen molar-refractivity contribution in [2.75, 3.05) is 6.54 Å². The van der Waals surface area contributed by atoms with Crippen molar-refractivity contribution in [3.05, 3.63) is 0 Å². The van der Waals surface area contributed by atoms with E-state index in [-0.39, 0.29) is 23.8 Å². The molecule has 3 atom stereocenters. The van der Waals surface area contributed by atoms with Crippen LogP contribution in [-0.4, -0.2) is 40.9 Å². The normalized spacial score (nSPS) is 39.2. The lowest BCUT2D eigenvalue weighted by molar-refractivity contribution is 0.0117. The van der Waals surface area contributed by atoms with E-state index in [0.717, 1.165) is 12.3 Å². The van der Waals surface area contributed by atoms with Gasteiger partial charge in [-0.2, -0.15) is 0 Å². The second-order valence-corrected chi connectivity index (χ2v) is 7.02. The molecule has 4 heteroatoms. The lowest BCUT2D eigenvalue weighted by atomic mass is 9.87. The predicted molar refractivity (Wildman–Crippen MR) is 67.3 cm³/mol. The van der Waals surface area contributed by atoms with Crippen molar-refractivity contribution in [3.63, 3.8) is 0 Å². The Labute approximate surface area is 109 Å². The smallest absolute Gasteiger partial charge is 0.410 e. The minimum absolute atomic E-state index is 0.123. The van der Waals surface area contributed by atoms with Gasteiger partial charge in [0.05, 0.1) is 6.54 Å². The zero-order chi connectivity index (χ0) is 13.1. The second kappa shape index (κ2) is 3.62. The molecule has 0 bridgehead atoms. The van der Waals surface area contributed by atoms with Crippen LogP contribution in [0.15, 0.2) is 0 Å². The maximum Gasteiger partial charge on any atom is 0.410 e. The number of amides is 1. The zero-order valence-electron chi connectivity index (χ0n) is 11.7. The Bertz CT molecular complexity index is 372.